The fraction of sp³-hybridized carbons (Fsp3) is 0.0667. The number of benzene rings is 2. The van der Waals surface area contributed by atoms with Crippen LogP contribution in [0, 0.1) is 5.82 Å². The summed E-state index contributed by atoms with van der Waals surface area (Å²) in [5.74, 6) is -1.15. The molecule has 0 aromatic heterocycles. The monoisotopic (exact) mass is 350 g/mol. The lowest BCUT2D eigenvalue weighted by Gasteiger charge is -2.09. The van der Waals surface area contributed by atoms with Gasteiger partial charge in [-0.15, -0.1) is 0 Å². The smallest absolute Gasteiger partial charge is 0.256 e. The summed E-state index contributed by atoms with van der Waals surface area (Å²) in [6.45, 7) is 1.40. The molecule has 2 amide bonds. The van der Waals surface area contributed by atoms with Gasteiger partial charge in [-0.1, -0.05) is 12.1 Å². The van der Waals surface area contributed by atoms with E-state index >= 15 is 0 Å². The van der Waals surface area contributed by atoms with E-state index in [0.717, 1.165) is 0 Å². The molecule has 0 heterocycles. The fourth-order valence-electron chi connectivity index (χ4n) is 1.76. The predicted octanol–water partition coefficient (Wildman–Crippen LogP) is 3.80. The molecule has 0 fully saturated rings. The van der Waals surface area contributed by atoms with Gasteiger partial charge in [0.1, 0.15) is 5.82 Å². The lowest BCUT2D eigenvalue weighted by Crippen LogP contribution is -2.13. The number of hydrogen-bond donors (Lipinski definition) is 2. The van der Waals surface area contributed by atoms with Gasteiger partial charge in [-0.05, 0) is 46.3 Å². The molecule has 2 aromatic rings. The van der Waals surface area contributed by atoms with E-state index in [9.17, 15) is 14.0 Å². The fourth-order valence-corrected chi connectivity index (χ4v) is 2.20. The molecular formula is C15H12BrFN2O2. The lowest BCUT2D eigenvalue weighted by molar-refractivity contribution is -0.114. The molecule has 0 saturated carbocycles. The quantitative estimate of drug-likeness (QED) is 0.884. The van der Waals surface area contributed by atoms with Crippen molar-refractivity contribution >= 4 is 39.1 Å². The summed E-state index contributed by atoms with van der Waals surface area (Å²) in [7, 11) is 0. The normalized spacial score (nSPS) is 10.0. The van der Waals surface area contributed by atoms with Crippen molar-refractivity contribution in [2.24, 2.45) is 0 Å². The van der Waals surface area contributed by atoms with Gasteiger partial charge in [0.25, 0.3) is 5.91 Å². The molecule has 2 N–H and O–H groups in total. The molecular weight excluding hydrogens is 339 g/mol. The first kappa shape index (κ1) is 15.2. The molecule has 0 atom stereocenters. The zero-order valence-corrected chi connectivity index (χ0v) is 12.7. The summed E-state index contributed by atoms with van der Waals surface area (Å²) >= 11 is 3.05. The number of carbonyl (C=O) groups excluding carboxylic acids is 2. The Morgan fingerprint density at radius 3 is 2.33 bits per heavy atom. The van der Waals surface area contributed by atoms with Crippen molar-refractivity contribution in [1.29, 1.82) is 0 Å². The van der Waals surface area contributed by atoms with Crippen molar-refractivity contribution < 1.29 is 14.0 Å². The number of amides is 2. The molecule has 0 aliphatic heterocycles. The second kappa shape index (κ2) is 6.49. The van der Waals surface area contributed by atoms with E-state index in [1.54, 1.807) is 24.3 Å². The molecule has 6 heteroatoms. The third kappa shape index (κ3) is 3.88. The van der Waals surface area contributed by atoms with Gasteiger partial charge in [0.15, 0.2) is 0 Å². The second-order valence-corrected chi connectivity index (χ2v) is 5.11. The van der Waals surface area contributed by atoms with Gasteiger partial charge in [0.05, 0.1) is 10.0 Å². The van der Waals surface area contributed by atoms with Crippen LogP contribution in [0.3, 0.4) is 0 Å². The van der Waals surface area contributed by atoms with E-state index in [1.165, 1.54) is 25.1 Å². The number of anilines is 2. The van der Waals surface area contributed by atoms with Crippen LogP contribution in [0.5, 0.6) is 0 Å². The molecule has 108 valence electrons. The molecule has 0 radical (unpaired) electrons. The van der Waals surface area contributed by atoms with Gasteiger partial charge in [-0.3, -0.25) is 9.59 Å². The highest BCUT2D eigenvalue weighted by Crippen LogP contribution is 2.22. The van der Waals surface area contributed by atoms with E-state index in [-0.39, 0.29) is 15.9 Å². The molecule has 0 spiro atoms. The van der Waals surface area contributed by atoms with Crippen molar-refractivity contribution in [2.75, 3.05) is 10.6 Å². The Bertz CT molecular complexity index is 704. The number of hydrogen-bond acceptors (Lipinski definition) is 2. The number of halogens is 2. The Balaban J connectivity index is 2.20. The molecule has 0 aliphatic rings. The van der Waals surface area contributed by atoms with Crippen molar-refractivity contribution in [3.05, 3.63) is 58.3 Å². The standard InChI is InChI=1S/C15H12BrFN2O2/c1-9(20)18-10-4-2-5-11(8-10)19-15(21)12-6-3-7-13(17)14(12)16/h2-8H,1H3,(H,18,20)(H,19,21). The van der Waals surface area contributed by atoms with E-state index in [4.69, 9.17) is 0 Å². The van der Waals surface area contributed by atoms with Crippen LogP contribution < -0.4 is 10.6 Å². The second-order valence-electron chi connectivity index (χ2n) is 4.32. The van der Waals surface area contributed by atoms with Crippen molar-refractivity contribution in [1.82, 2.24) is 0 Å². The minimum absolute atomic E-state index is 0.112. The highest BCUT2D eigenvalue weighted by molar-refractivity contribution is 9.10. The molecule has 0 saturated heterocycles. The largest absolute Gasteiger partial charge is 0.326 e. The number of carbonyl (C=O) groups is 2. The van der Waals surface area contributed by atoms with E-state index in [2.05, 4.69) is 26.6 Å². The zero-order valence-electron chi connectivity index (χ0n) is 11.1. The van der Waals surface area contributed by atoms with E-state index in [1.807, 2.05) is 0 Å². The van der Waals surface area contributed by atoms with Gasteiger partial charge in [0, 0.05) is 18.3 Å². The molecule has 0 unspecified atom stereocenters. The first-order valence-corrected chi connectivity index (χ1v) is 6.89. The third-order valence-corrected chi connectivity index (χ3v) is 3.44. The molecule has 0 bridgehead atoms. The Hall–Kier alpha value is -2.21. The summed E-state index contributed by atoms with van der Waals surface area (Å²) in [5.41, 5.74) is 1.26. The van der Waals surface area contributed by atoms with Crippen LogP contribution in [0.1, 0.15) is 17.3 Å². The van der Waals surface area contributed by atoms with Crippen LogP contribution in [-0.2, 0) is 4.79 Å². The maximum absolute atomic E-state index is 13.4. The zero-order chi connectivity index (χ0) is 15.4. The average Bonchev–Trinajstić information content (AvgIpc) is 2.41. The molecule has 0 aliphatic carbocycles. The Morgan fingerprint density at radius 1 is 1.05 bits per heavy atom. The van der Waals surface area contributed by atoms with Crippen LogP contribution in [0.4, 0.5) is 15.8 Å². The van der Waals surface area contributed by atoms with Crippen molar-refractivity contribution in [2.45, 2.75) is 6.92 Å². The van der Waals surface area contributed by atoms with Gasteiger partial charge < -0.3 is 10.6 Å². The lowest BCUT2D eigenvalue weighted by atomic mass is 10.2. The average molecular weight is 351 g/mol. The molecule has 21 heavy (non-hydrogen) atoms. The highest BCUT2D eigenvalue weighted by Gasteiger charge is 2.13. The van der Waals surface area contributed by atoms with Crippen molar-refractivity contribution in [3.63, 3.8) is 0 Å². The van der Waals surface area contributed by atoms with Crippen LogP contribution in [0.25, 0.3) is 0 Å². The highest BCUT2D eigenvalue weighted by atomic mass is 79.9. The topological polar surface area (TPSA) is 58.2 Å². The predicted molar refractivity (Wildman–Crippen MR) is 82.8 cm³/mol. The Labute approximate surface area is 129 Å². The molecule has 4 nitrogen and oxygen atoms in total. The maximum Gasteiger partial charge on any atom is 0.256 e. The van der Waals surface area contributed by atoms with E-state index < -0.39 is 11.7 Å². The minimum atomic E-state index is -0.505. The van der Waals surface area contributed by atoms with Crippen LogP contribution in [-0.4, -0.2) is 11.8 Å². The number of rotatable bonds is 3. The SMILES string of the molecule is CC(=O)Nc1cccc(NC(=O)c2cccc(F)c2Br)c1. The maximum atomic E-state index is 13.4. The summed E-state index contributed by atoms with van der Waals surface area (Å²) in [4.78, 5) is 23.1. The van der Waals surface area contributed by atoms with Crippen molar-refractivity contribution in [3.8, 4) is 0 Å². The first-order valence-electron chi connectivity index (χ1n) is 6.10. The number of nitrogens with one attached hydrogen (secondary N) is 2. The van der Waals surface area contributed by atoms with Gasteiger partial charge in [-0.25, -0.2) is 4.39 Å². The summed E-state index contributed by atoms with van der Waals surface area (Å²) in [6, 6.07) is 10.9. The van der Waals surface area contributed by atoms with Gasteiger partial charge >= 0.3 is 0 Å². The summed E-state index contributed by atoms with van der Waals surface area (Å²) in [6.07, 6.45) is 0. The first-order chi connectivity index (χ1) is 9.97. The van der Waals surface area contributed by atoms with Crippen LogP contribution in [0.15, 0.2) is 46.9 Å². The molecule has 2 aromatic carbocycles. The summed E-state index contributed by atoms with van der Waals surface area (Å²) in [5, 5.41) is 5.27. The van der Waals surface area contributed by atoms with Gasteiger partial charge in [0.2, 0.25) is 5.91 Å². The van der Waals surface area contributed by atoms with Gasteiger partial charge in [-0.2, -0.15) is 0 Å². The van der Waals surface area contributed by atoms with E-state index in [0.29, 0.717) is 11.4 Å². The van der Waals surface area contributed by atoms with Crippen LogP contribution in [0.2, 0.25) is 0 Å². The molecule has 2 rings (SSSR count). The minimum Gasteiger partial charge on any atom is -0.326 e. The Morgan fingerprint density at radius 2 is 1.67 bits per heavy atom. The van der Waals surface area contributed by atoms with Crippen LogP contribution >= 0.6 is 15.9 Å². The summed E-state index contributed by atoms with van der Waals surface area (Å²) < 4.78 is 13.5. The third-order valence-electron chi connectivity index (χ3n) is 2.64. The Kier molecular flexibility index (Phi) is 4.70.